The predicted octanol–water partition coefficient (Wildman–Crippen LogP) is -1.27. The third-order valence-electron chi connectivity index (χ3n) is 1.27. The maximum atomic E-state index is 5.39. The molecule has 56 valence electrons. The molecule has 0 bridgehead atoms. The molecule has 0 aliphatic carbocycles. The van der Waals surface area contributed by atoms with Crippen molar-refractivity contribution in [1.29, 1.82) is 0 Å². The third kappa shape index (κ3) is 0.961. The molecule has 0 atom stereocenters. The van der Waals surface area contributed by atoms with Crippen LogP contribution in [0.25, 0.3) is 11.2 Å². The fourth-order valence-corrected chi connectivity index (χ4v) is 1.33. The van der Waals surface area contributed by atoms with Gasteiger partial charge in [0.1, 0.15) is 0 Å². The molecular formula is C5H4N5Se-. The molecule has 0 fully saturated rings. The Balaban J connectivity index is 2.91. The molecule has 6 heteroatoms. The first-order chi connectivity index (χ1) is 5.27. The van der Waals surface area contributed by atoms with Crippen molar-refractivity contribution in [3.63, 3.8) is 0 Å². The summed E-state index contributed by atoms with van der Waals surface area (Å²) in [5.41, 5.74) is 6.77. The van der Waals surface area contributed by atoms with E-state index in [1.165, 1.54) is 0 Å². The van der Waals surface area contributed by atoms with Gasteiger partial charge in [-0.1, -0.05) is 0 Å². The molecule has 0 aliphatic rings. The fourth-order valence-electron chi connectivity index (χ4n) is 0.823. The van der Waals surface area contributed by atoms with Crippen molar-refractivity contribution in [2.75, 3.05) is 5.73 Å². The molecule has 2 rings (SSSR count). The van der Waals surface area contributed by atoms with E-state index in [-0.39, 0.29) is 5.95 Å². The maximum absolute atomic E-state index is 5.39. The quantitative estimate of drug-likeness (QED) is 0.534. The number of hydrogen-bond acceptors (Lipinski definition) is 4. The van der Waals surface area contributed by atoms with Gasteiger partial charge in [0, 0.05) is 0 Å². The van der Waals surface area contributed by atoms with Gasteiger partial charge in [-0.3, -0.25) is 0 Å². The molecule has 2 aromatic rings. The number of hydrogen-bond donors (Lipinski definition) is 2. The second kappa shape index (κ2) is 2.18. The van der Waals surface area contributed by atoms with Crippen LogP contribution in [-0.2, 0) is 0 Å². The molecule has 5 nitrogen and oxygen atoms in total. The first-order valence-electron chi connectivity index (χ1n) is 2.91. The van der Waals surface area contributed by atoms with Crippen LogP contribution in [0.2, 0.25) is 0 Å². The topological polar surface area (TPSA) is 80.5 Å². The van der Waals surface area contributed by atoms with Crippen molar-refractivity contribution >= 4 is 37.7 Å². The molecule has 0 saturated heterocycles. The van der Waals surface area contributed by atoms with Gasteiger partial charge in [-0.15, -0.1) is 0 Å². The van der Waals surface area contributed by atoms with Gasteiger partial charge in [-0.25, -0.2) is 0 Å². The van der Waals surface area contributed by atoms with E-state index in [1.54, 1.807) is 6.33 Å². The average molecular weight is 213 g/mol. The number of fused-ring (bicyclic) bond motifs is 1. The number of H-pyrrole nitrogens is 1. The summed E-state index contributed by atoms with van der Waals surface area (Å²) in [6, 6.07) is 0. The minimum atomic E-state index is 0.235. The Morgan fingerprint density at radius 1 is 1.45 bits per heavy atom. The van der Waals surface area contributed by atoms with Gasteiger partial charge in [0.2, 0.25) is 0 Å². The van der Waals surface area contributed by atoms with E-state index in [4.69, 9.17) is 5.73 Å². The van der Waals surface area contributed by atoms with Crippen molar-refractivity contribution in [1.82, 2.24) is 19.9 Å². The van der Waals surface area contributed by atoms with E-state index in [0.29, 0.717) is 10.2 Å². The Labute approximate surface area is 70.3 Å². The summed E-state index contributed by atoms with van der Waals surface area (Å²) in [5.74, 6) is 0.235. The molecule has 0 spiro atoms. The van der Waals surface area contributed by atoms with E-state index in [2.05, 4.69) is 35.9 Å². The monoisotopic (exact) mass is 214 g/mol. The van der Waals surface area contributed by atoms with Crippen LogP contribution in [0, 0.1) is 0 Å². The molecule has 0 aromatic carbocycles. The van der Waals surface area contributed by atoms with Crippen molar-refractivity contribution in [2.45, 2.75) is 0 Å². The molecule has 0 radical (unpaired) electrons. The molecule has 11 heavy (non-hydrogen) atoms. The Morgan fingerprint density at radius 3 is 3.09 bits per heavy atom. The van der Waals surface area contributed by atoms with Crippen LogP contribution in [-0.4, -0.2) is 35.9 Å². The van der Waals surface area contributed by atoms with Gasteiger partial charge in [-0.05, 0) is 0 Å². The number of nitrogens with two attached hydrogens (primary N) is 1. The van der Waals surface area contributed by atoms with E-state index < -0.39 is 0 Å². The summed E-state index contributed by atoms with van der Waals surface area (Å²) in [7, 11) is 0. The first-order valence-corrected chi connectivity index (χ1v) is 3.76. The molecule has 2 heterocycles. The van der Waals surface area contributed by atoms with E-state index in [1.807, 2.05) is 0 Å². The summed E-state index contributed by atoms with van der Waals surface area (Å²) in [6.07, 6.45) is 1.56. The second-order valence-electron chi connectivity index (χ2n) is 1.99. The normalized spacial score (nSPS) is 10.5. The summed E-state index contributed by atoms with van der Waals surface area (Å²) in [4.78, 5) is 14.6. The standard InChI is InChI=1S/C5H5N5Se/c6-5-9-3-2(4(11)10-5)7-1-8-3/h1H,(H4,6,7,8,9,10,11)/p-1. The van der Waals surface area contributed by atoms with Crippen molar-refractivity contribution in [2.24, 2.45) is 0 Å². The molecule has 0 aliphatic heterocycles. The van der Waals surface area contributed by atoms with Crippen LogP contribution < -0.4 is 10.3 Å². The minimum absolute atomic E-state index is 0.235. The Bertz CT molecular complexity index is 395. The van der Waals surface area contributed by atoms with Gasteiger partial charge in [0.25, 0.3) is 0 Å². The van der Waals surface area contributed by atoms with Crippen molar-refractivity contribution in [3.8, 4) is 0 Å². The number of nitrogen functional groups attached to an aromatic ring is 1. The molecule has 3 N–H and O–H groups in total. The second-order valence-corrected chi connectivity index (χ2v) is 2.80. The van der Waals surface area contributed by atoms with Crippen molar-refractivity contribution < 1.29 is 0 Å². The zero-order valence-electron chi connectivity index (χ0n) is 5.40. The third-order valence-corrected chi connectivity index (χ3v) is 1.89. The Kier molecular flexibility index (Phi) is 1.30. The van der Waals surface area contributed by atoms with Crippen LogP contribution in [0.1, 0.15) is 0 Å². The zero-order chi connectivity index (χ0) is 7.84. The summed E-state index contributed by atoms with van der Waals surface area (Å²) in [6.45, 7) is 0. The molecule has 2 aromatic heterocycles. The SMILES string of the molecule is Nc1nc([Se-])c2[nH]cnc2n1. The van der Waals surface area contributed by atoms with Crippen LogP contribution in [0.15, 0.2) is 6.33 Å². The zero-order valence-corrected chi connectivity index (χ0v) is 7.12. The number of nitrogens with one attached hydrogen (secondary N) is 1. The van der Waals surface area contributed by atoms with Gasteiger partial charge < -0.3 is 0 Å². The van der Waals surface area contributed by atoms with Crippen LogP contribution in [0.5, 0.6) is 0 Å². The number of nitrogens with zero attached hydrogens (tertiary/aromatic N) is 3. The fraction of sp³-hybridized carbons (Fsp3) is 0. The molecular weight excluding hydrogens is 209 g/mol. The number of aromatic nitrogens is 4. The summed E-state index contributed by atoms with van der Waals surface area (Å²) >= 11 is 2.77. The van der Waals surface area contributed by atoms with Crippen LogP contribution >= 0.6 is 0 Å². The summed E-state index contributed by atoms with van der Waals surface area (Å²) in [5, 5.41) is 0. The number of rotatable bonds is 0. The molecule has 0 unspecified atom stereocenters. The van der Waals surface area contributed by atoms with Crippen LogP contribution in [0.4, 0.5) is 5.95 Å². The first kappa shape index (κ1) is 6.57. The van der Waals surface area contributed by atoms with Crippen LogP contribution in [0.3, 0.4) is 0 Å². The summed E-state index contributed by atoms with van der Waals surface area (Å²) < 4.78 is 0.699. The predicted molar refractivity (Wildman–Crippen MR) is 41.5 cm³/mol. The average Bonchev–Trinajstić information content (AvgIpc) is 2.34. The van der Waals surface area contributed by atoms with Gasteiger partial charge in [0.15, 0.2) is 0 Å². The Morgan fingerprint density at radius 2 is 2.27 bits per heavy atom. The molecule has 0 amide bonds. The number of imidazole rings is 1. The van der Waals surface area contributed by atoms with Gasteiger partial charge in [-0.2, -0.15) is 0 Å². The van der Waals surface area contributed by atoms with Gasteiger partial charge >= 0.3 is 69.7 Å². The van der Waals surface area contributed by atoms with E-state index in [0.717, 1.165) is 5.52 Å². The van der Waals surface area contributed by atoms with Gasteiger partial charge in [0.05, 0.1) is 0 Å². The molecule has 0 saturated carbocycles. The van der Waals surface area contributed by atoms with E-state index >= 15 is 0 Å². The number of aromatic amines is 1. The Hall–Kier alpha value is -1.13. The number of anilines is 1. The van der Waals surface area contributed by atoms with E-state index in [9.17, 15) is 0 Å². The van der Waals surface area contributed by atoms with Crippen molar-refractivity contribution in [3.05, 3.63) is 6.33 Å².